The van der Waals surface area contributed by atoms with Gasteiger partial charge < -0.3 is 5.32 Å². The lowest BCUT2D eigenvalue weighted by molar-refractivity contribution is 0.121. The second-order valence-corrected chi connectivity index (χ2v) is 4.30. The van der Waals surface area contributed by atoms with Gasteiger partial charge in [0.25, 0.3) is 6.43 Å². The Morgan fingerprint density at radius 3 is 2.45 bits per heavy atom. The van der Waals surface area contributed by atoms with Crippen molar-refractivity contribution in [3.05, 3.63) is 53.4 Å². The summed E-state index contributed by atoms with van der Waals surface area (Å²) in [5.41, 5.74) is 1.05. The van der Waals surface area contributed by atoms with Gasteiger partial charge in [-0.05, 0) is 23.8 Å². The minimum atomic E-state index is -2.45. The summed E-state index contributed by atoms with van der Waals surface area (Å²) < 4.78 is 51.3. The number of rotatable bonds is 6. The van der Waals surface area contributed by atoms with Crippen LogP contribution in [0.2, 0.25) is 0 Å². The predicted octanol–water partition coefficient (Wildman–Crippen LogP) is 2.72. The molecule has 20 heavy (non-hydrogen) atoms. The van der Waals surface area contributed by atoms with Crippen molar-refractivity contribution < 1.29 is 17.6 Å². The number of alkyl halides is 2. The van der Waals surface area contributed by atoms with E-state index in [0.29, 0.717) is 17.8 Å². The van der Waals surface area contributed by atoms with Crippen molar-refractivity contribution in [2.24, 2.45) is 0 Å². The molecule has 7 heteroatoms. The Bertz CT molecular complexity index is 548. The first kappa shape index (κ1) is 14.5. The quantitative estimate of drug-likeness (QED) is 0.828. The predicted molar refractivity (Wildman–Crippen MR) is 65.1 cm³/mol. The van der Waals surface area contributed by atoms with Crippen LogP contribution in [0.5, 0.6) is 0 Å². The maximum atomic E-state index is 12.9. The summed E-state index contributed by atoms with van der Waals surface area (Å²) in [5.74, 6) is -1.27. The summed E-state index contributed by atoms with van der Waals surface area (Å²) in [6.07, 6.45) is -0.989. The van der Waals surface area contributed by atoms with Crippen LogP contribution in [0.1, 0.15) is 11.3 Å². The average molecular weight is 287 g/mol. The number of benzene rings is 1. The Morgan fingerprint density at radius 2 is 1.80 bits per heavy atom. The van der Waals surface area contributed by atoms with Gasteiger partial charge in [0.2, 0.25) is 0 Å². The first-order chi connectivity index (χ1) is 9.52. The van der Waals surface area contributed by atoms with Gasteiger partial charge in [0.1, 0.15) is 18.2 Å². The highest BCUT2D eigenvalue weighted by Gasteiger charge is 2.06. The molecule has 0 bridgehead atoms. The number of hydrogen-bond donors (Lipinski definition) is 1. The molecular weight excluding hydrogens is 274 g/mol. The molecule has 2 aromatic rings. The first-order valence-electron chi connectivity index (χ1n) is 5.99. The van der Waals surface area contributed by atoms with Gasteiger partial charge in [-0.25, -0.2) is 17.6 Å². The van der Waals surface area contributed by atoms with Crippen LogP contribution in [-0.2, 0) is 19.6 Å². The fraction of sp³-hybridized carbons (Fsp3) is 0.308. The van der Waals surface area contributed by atoms with Crippen molar-refractivity contribution in [2.75, 3.05) is 0 Å². The van der Waals surface area contributed by atoms with Crippen molar-refractivity contribution in [3.63, 3.8) is 0 Å². The number of nitrogens with zero attached hydrogens (tertiary/aromatic N) is 2. The van der Waals surface area contributed by atoms with E-state index in [1.54, 1.807) is 6.07 Å². The molecule has 0 saturated heterocycles. The molecule has 108 valence electrons. The molecule has 0 spiro atoms. The zero-order valence-electron chi connectivity index (χ0n) is 10.5. The van der Waals surface area contributed by atoms with E-state index in [1.807, 2.05) is 0 Å². The van der Waals surface area contributed by atoms with Crippen molar-refractivity contribution in [3.8, 4) is 0 Å². The number of aromatic nitrogens is 2. The number of hydrogen-bond acceptors (Lipinski definition) is 2. The van der Waals surface area contributed by atoms with E-state index >= 15 is 0 Å². The molecule has 1 heterocycles. The topological polar surface area (TPSA) is 29.9 Å². The SMILES string of the molecule is Fc1cc(F)cc(CNCc2ccn(CC(F)F)n2)c1. The number of nitrogens with one attached hydrogen (secondary N) is 1. The van der Waals surface area contributed by atoms with Crippen molar-refractivity contribution in [2.45, 2.75) is 26.1 Å². The van der Waals surface area contributed by atoms with Gasteiger partial charge in [-0.3, -0.25) is 4.68 Å². The summed E-state index contributed by atoms with van der Waals surface area (Å²) in [7, 11) is 0. The Morgan fingerprint density at radius 1 is 1.10 bits per heavy atom. The monoisotopic (exact) mass is 287 g/mol. The van der Waals surface area contributed by atoms with Crippen LogP contribution in [0.25, 0.3) is 0 Å². The van der Waals surface area contributed by atoms with Crippen LogP contribution in [0.3, 0.4) is 0 Å². The summed E-state index contributed by atoms with van der Waals surface area (Å²) in [6.45, 7) is 0.139. The lowest BCUT2D eigenvalue weighted by Gasteiger charge is -2.04. The van der Waals surface area contributed by atoms with E-state index in [-0.39, 0.29) is 6.54 Å². The van der Waals surface area contributed by atoms with Gasteiger partial charge in [0.15, 0.2) is 0 Å². The van der Waals surface area contributed by atoms with Crippen LogP contribution in [0.4, 0.5) is 17.6 Å². The van der Waals surface area contributed by atoms with Gasteiger partial charge >= 0.3 is 0 Å². The summed E-state index contributed by atoms with van der Waals surface area (Å²) >= 11 is 0. The molecule has 0 unspecified atom stereocenters. The second kappa shape index (κ2) is 6.51. The van der Waals surface area contributed by atoms with Gasteiger partial charge in [-0.1, -0.05) is 0 Å². The molecule has 0 atom stereocenters. The Hall–Kier alpha value is -1.89. The molecule has 0 radical (unpaired) electrons. The number of halogens is 4. The minimum absolute atomic E-state index is 0.260. The van der Waals surface area contributed by atoms with Gasteiger partial charge in [0.05, 0.1) is 5.69 Å². The molecule has 0 aliphatic carbocycles. The van der Waals surface area contributed by atoms with E-state index < -0.39 is 24.6 Å². The lowest BCUT2D eigenvalue weighted by atomic mass is 10.2. The van der Waals surface area contributed by atoms with Gasteiger partial charge in [-0.15, -0.1) is 0 Å². The third kappa shape index (κ3) is 4.34. The smallest absolute Gasteiger partial charge is 0.257 e. The molecule has 3 nitrogen and oxygen atoms in total. The molecule has 0 saturated carbocycles. The van der Waals surface area contributed by atoms with E-state index in [2.05, 4.69) is 10.4 Å². The zero-order chi connectivity index (χ0) is 14.5. The lowest BCUT2D eigenvalue weighted by Crippen LogP contribution is -2.14. The normalized spacial score (nSPS) is 11.2. The minimum Gasteiger partial charge on any atom is -0.307 e. The fourth-order valence-corrected chi connectivity index (χ4v) is 1.79. The van der Waals surface area contributed by atoms with E-state index in [9.17, 15) is 17.6 Å². The van der Waals surface area contributed by atoms with Crippen LogP contribution in [0, 0.1) is 11.6 Å². The highest BCUT2D eigenvalue weighted by Crippen LogP contribution is 2.08. The maximum Gasteiger partial charge on any atom is 0.257 e. The van der Waals surface area contributed by atoms with Crippen LogP contribution < -0.4 is 5.32 Å². The Labute approximate surface area is 113 Å². The Kier molecular flexibility index (Phi) is 4.73. The molecule has 1 aromatic heterocycles. The molecule has 0 fully saturated rings. The summed E-state index contributed by atoms with van der Waals surface area (Å²) in [6, 6.07) is 4.87. The summed E-state index contributed by atoms with van der Waals surface area (Å²) in [5, 5.41) is 6.89. The molecule has 0 aliphatic rings. The van der Waals surface area contributed by atoms with Crippen molar-refractivity contribution in [1.29, 1.82) is 0 Å². The average Bonchev–Trinajstić information content (AvgIpc) is 2.74. The third-order valence-electron chi connectivity index (χ3n) is 2.58. The van der Waals surface area contributed by atoms with Crippen LogP contribution >= 0.6 is 0 Å². The van der Waals surface area contributed by atoms with Crippen LogP contribution in [-0.4, -0.2) is 16.2 Å². The molecule has 2 rings (SSSR count). The Balaban J connectivity index is 1.84. The van der Waals surface area contributed by atoms with Crippen molar-refractivity contribution in [1.82, 2.24) is 15.1 Å². The molecular formula is C13H13F4N3. The molecule has 1 aromatic carbocycles. The van der Waals surface area contributed by atoms with E-state index in [0.717, 1.165) is 10.7 Å². The third-order valence-corrected chi connectivity index (χ3v) is 2.58. The van der Waals surface area contributed by atoms with Gasteiger partial charge in [0, 0.05) is 25.4 Å². The van der Waals surface area contributed by atoms with Gasteiger partial charge in [-0.2, -0.15) is 5.10 Å². The molecule has 0 aliphatic heterocycles. The first-order valence-corrected chi connectivity index (χ1v) is 5.99. The van der Waals surface area contributed by atoms with E-state index in [4.69, 9.17) is 0 Å². The highest BCUT2D eigenvalue weighted by molar-refractivity contribution is 5.17. The van der Waals surface area contributed by atoms with E-state index in [1.165, 1.54) is 18.3 Å². The maximum absolute atomic E-state index is 12.9. The zero-order valence-corrected chi connectivity index (χ0v) is 10.5. The second-order valence-electron chi connectivity index (χ2n) is 4.30. The largest absolute Gasteiger partial charge is 0.307 e. The standard InChI is InChI=1S/C13H13F4N3/c14-10-3-9(4-11(15)5-10)6-18-7-12-1-2-20(19-12)8-13(16)17/h1-5,13,18H,6-8H2. The van der Waals surface area contributed by atoms with Crippen molar-refractivity contribution >= 4 is 0 Å². The molecule has 0 amide bonds. The summed E-state index contributed by atoms with van der Waals surface area (Å²) in [4.78, 5) is 0. The highest BCUT2D eigenvalue weighted by atomic mass is 19.3. The van der Waals surface area contributed by atoms with Crippen LogP contribution in [0.15, 0.2) is 30.5 Å². The fourth-order valence-electron chi connectivity index (χ4n) is 1.79. The molecule has 1 N–H and O–H groups in total.